The zero-order chi connectivity index (χ0) is 20.5. The minimum absolute atomic E-state index is 0.00942. The van der Waals surface area contributed by atoms with Gasteiger partial charge in [-0.1, -0.05) is 6.07 Å². The van der Waals surface area contributed by atoms with E-state index < -0.39 is 5.82 Å². The molecule has 2 aliphatic rings. The van der Waals surface area contributed by atoms with Gasteiger partial charge in [-0.05, 0) is 54.3 Å². The van der Waals surface area contributed by atoms with Crippen LogP contribution in [0.3, 0.4) is 0 Å². The summed E-state index contributed by atoms with van der Waals surface area (Å²) in [6.45, 7) is 1.10. The van der Waals surface area contributed by atoms with Crippen molar-refractivity contribution >= 4 is 17.5 Å². The highest BCUT2D eigenvalue weighted by Crippen LogP contribution is 2.42. The van der Waals surface area contributed by atoms with Gasteiger partial charge in [0.15, 0.2) is 11.5 Å². The molecule has 29 heavy (non-hydrogen) atoms. The van der Waals surface area contributed by atoms with Crippen LogP contribution in [0.25, 0.3) is 0 Å². The number of anilines is 1. The maximum atomic E-state index is 13.3. The smallest absolute Gasteiger partial charge is 0.228 e. The van der Waals surface area contributed by atoms with Crippen molar-refractivity contribution in [3.8, 4) is 11.5 Å². The average molecular weight is 398 g/mol. The Hall–Kier alpha value is -3.09. The van der Waals surface area contributed by atoms with Crippen LogP contribution in [0, 0.1) is 17.7 Å². The fourth-order valence-corrected chi connectivity index (χ4v) is 3.86. The summed E-state index contributed by atoms with van der Waals surface area (Å²) in [6, 6.07) is 9.62. The quantitative estimate of drug-likeness (QED) is 0.841. The van der Waals surface area contributed by atoms with Crippen molar-refractivity contribution < 1.29 is 23.5 Å². The molecular weight excluding hydrogens is 375 g/mol. The Bertz CT molecular complexity index is 962. The first-order valence-corrected chi connectivity index (χ1v) is 9.59. The van der Waals surface area contributed by atoms with E-state index in [2.05, 4.69) is 5.32 Å². The summed E-state index contributed by atoms with van der Waals surface area (Å²) < 4.78 is 24.0. The van der Waals surface area contributed by atoms with Crippen molar-refractivity contribution in [1.29, 1.82) is 0 Å². The van der Waals surface area contributed by atoms with Gasteiger partial charge in [0.25, 0.3) is 0 Å². The SMILES string of the molecule is COc1cc2c(cc1OC)CN(C(=O)C1CC1C(=O)Nc1cccc(F)c1)CC2. The summed E-state index contributed by atoms with van der Waals surface area (Å²) in [5.41, 5.74) is 2.58. The van der Waals surface area contributed by atoms with E-state index in [0.29, 0.717) is 36.7 Å². The lowest BCUT2D eigenvalue weighted by Gasteiger charge is -2.30. The summed E-state index contributed by atoms with van der Waals surface area (Å²) >= 11 is 0. The van der Waals surface area contributed by atoms with E-state index in [1.807, 2.05) is 12.1 Å². The third kappa shape index (κ3) is 3.90. The van der Waals surface area contributed by atoms with Crippen LogP contribution in [0.4, 0.5) is 10.1 Å². The third-order valence-corrected chi connectivity index (χ3v) is 5.57. The van der Waals surface area contributed by atoms with Crippen molar-refractivity contribution in [1.82, 2.24) is 4.90 Å². The molecule has 4 rings (SSSR count). The number of ether oxygens (including phenoxy) is 2. The van der Waals surface area contributed by atoms with Gasteiger partial charge in [0, 0.05) is 18.8 Å². The van der Waals surface area contributed by atoms with Gasteiger partial charge in [-0.15, -0.1) is 0 Å². The first-order chi connectivity index (χ1) is 14.0. The number of rotatable bonds is 5. The van der Waals surface area contributed by atoms with Crippen LogP contribution in [0.5, 0.6) is 11.5 Å². The van der Waals surface area contributed by atoms with Crippen LogP contribution in [0.15, 0.2) is 36.4 Å². The molecule has 1 aliphatic carbocycles. The van der Waals surface area contributed by atoms with Crippen LogP contribution in [0.2, 0.25) is 0 Å². The topological polar surface area (TPSA) is 67.9 Å². The molecule has 0 saturated heterocycles. The second kappa shape index (κ2) is 7.73. The molecule has 152 valence electrons. The zero-order valence-electron chi connectivity index (χ0n) is 16.4. The Morgan fingerprint density at radius 2 is 1.79 bits per heavy atom. The lowest BCUT2D eigenvalue weighted by atomic mass is 9.98. The van der Waals surface area contributed by atoms with Crippen LogP contribution < -0.4 is 14.8 Å². The predicted molar refractivity (Wildman–Crippen MR) is 105 cm³/mol. The second-order valence-electron chi connectivity index (χ2n) is 7.43. The molecule has 1 saturated carbocycles. The molecule has 6 nitrogen and oxygen atoms in total. The van der Waals surface area contributed by atoms with Crippen molar-refractivity contribution in [3.05, 3.63) is 53.3 Å². The number of amides is 2. The Labute approximate surface area is 168 Å². The number of hydrogen-bond donors (Lipinski definition) is 1. The molecule has 7 heteroatoms. The monoisotopic (exact) mass is 398 g/mol. The molecule has 1 aliphatic heterocycles. The fraction of sp³-hybridized carbons (Fsp3) is 0.364. The number of carbonyl (C=O) groups is 2. The van der Waals surface area contributed by atoms with Gasteiger partial charge in [-0.3, -0.25) is 9.59 Å². The van der Waals surface area contributed by atoms with E-state index in [9.17, 15) is 14.0 Å². The number of methoxy groups -OCH3 is 2. The summed E-state index contributed by atoms with van der Waals surface area (Å²) in [5, 5.41) is 2.70. The number of benzene rings is 2. The fourth-order valence-electron chi connectivity index (χ4n) is 3.86. The maximum absolute atomic E-state index is 13.3. The minimum Gasteiger partial charge on any atom is -0.493 e. The first kappa shape index (κ1) is 19.2. The lowest BCUT2D eigenvalue weighted by molar-refractivity contribution is -0.135. The van der Waals surface area contributed by atoms with E-state index >= 15 is 0 Å². The van der Waals surface area contributed by atoms with E-state index in [0.717, 1.165) is 17.5 Å². The van der Waals surface area contributed by atoms with E-state index in [1.54, 1.807) is 25.2 Å². The van der Waals surface area contributed by atoms with Gasteiger partial charge in [0.05, 0.1) is 26.1 Å². The van der Waals surface area contributed by atoms with E-state index in [1.165, 1.54) is 18.2 Å². The highest BCUT2D eigenvalue weighted by Gasteiger charge is 2.49. The number of fused-ring (bicyclic) bond motifs is 1. The summed E-state index contributed by atoms with van der Waals surface area (Å²) in [5.74, 6) is -0.0164. The standard InChI is InChI=1S/C22H23FN2O4/c1-28-19-8-13-6-7-25(12-14(13)9-20(19)29-2)22(27)18-11-17(18)21(26)24-16-5-3-4-15(23)10-16/h3-5,8-10,17-18H,6-7,11-12H2,1-2H3,(H,24,26). The Kier molecular flexibility index (Phi) is 5.13. The molecule has 2 aromatic rings. The third-order valence-electron chi connectivity index (χ3n) is 5.57. The number of carbonyl (C=O) groups excluding carboxylic acids is 2. The van der Waals surface area contributed by atoms with Gasteiger partial charge in [0.2, 0.25) is 11.8 Å². The molecule has 2 aromatic carbocycles. The number of nitrogens with one attached hydrogen (secondary N) is 1. The lowest BCUT2D eigenvalue weighted by Crippen LogP contribution is -2.37. The first-order valence-electron chi connectivity index (χ1n) is 9.59. The molecule has 0 spiro atoms. The predicted octanol–water partition coefficient (Wildman–Crippen LogP) is 3.00. The second-order valence-corrected chi connectivity index (χ2v) is 7.43. The Balaban J connectivity index is 1.39. The molecule has 2 atom stereocenters. The highest BCUT2D eigenvalue weighted by atomic mass is 19.1. The van der Waals surface area contributed by atoms with Gasteiger partial charge >= 0.3 is 0 Å². The number of hydrogen-bond acceptors (Lipinski definition) is 4. The summed E-state index contributed by atoms with van der Waals surface area (Å²) in [7, 11) is 3.19. The minimum atomic E-state index is -0.412. The molecule has 2 amide bonds. The van der Waals surface area contributed by atoms with Crippen LogP contribution >= 0.6 is 0 Å². The van der Waals surface area contributed by atoms with E-state index in [4.69, 9.17) is 9.47 Å². The molecular formula is C22H23FN2O4. The Morgan fingerprint density at radius 1 is 1.07 bits per heavy atom. The molecule has 0 radical (unpaired) electrons. The van der Waals surface area contributed by atoms with Gasteiger partial charge in [-0.25, -0.2) is 4.39 Å². The molecule has 1 N–H and O–H groups in total. The van der Waals surface area contributed by atoms with Gasteiger partial charge < -0.3 is 19.7 Å². The molecule has 1 heterocycles. The Morgan fingerprint density at radius 3 is 2.48 bits per heavy atom. The highest BCUT2D eigenvalue weighted by molar-refractivity contribution is 5.99. The molecule has 0 aromatic heterocycles. The van der Waals surface area contributed by atoms with Crippen molar-refractivity contribution in [3.63, 3.8) is 0 Å². The maximum Gasteiger partial charge on any atom is 0.228 e. The molecule has 2 unspecified atom stereocenters. The van der Waals surface area contributed by atoms with Crippen LogP contribution in [-0.2, 0) is 22.6 Å². The van der Waals surface area contributed by atoms with E-state index in [-0.39, 0.29) is 23.7 Å². The van der Waals surface area contributed by atoms with Crippen molar-refractivity contribution in [2.75, 3.05) is 26.1 Å². The van der Waals surface area contributed by atoms with Crippen molar-refractivity contribution in [2.45, 2.75) is 19.4 Å². The molecule has 1 fully saturated rings. The number of halogens is 1. The molecule has 0 bridgehead atoms. The largest absolute Gasteiger partial charge is 0.493 e. The van der Waals surface area contributed by atoms with Gasteiger partial charge in [0.1, 0.15) is 5.82 Å². The zero-order valence-corrected chi connectivity index (χ0v) is 16.4. The van der Waals surface area contributed by atoms with Crippen molar-refractivity contribution in [2.24, 2.45) is 11.8 Å². The number of nitrogens with zero attached hydrogens (tertiary/aromatic N) is 1. The summed E-state index contributed by atoms with van der Waals surface area (Å²) in [4.78, 5) is 27.1. The van der Waals surface area contributed by atoms with Crippen LogP contribution in [-0.4, -0.2) is 37.5 Å². The van der Waals surface area contributed by atoms with Gasteiger partial charge in [-0.2, -0.15) is 0 Å². The van der Waals surface area contributed by atoms with Crippen LogP contribution in [0.1, 0.15) is 17.5 Å². The normalized spacial score (nSPS) is 19.9. The summed E-state index contributed by atoms with van der Waals surface area (Å²) in [6.07, 6.45) is 1.25. The average Bonchev–Trinajstić information content (AvgIpc) is 3.52.